The molecule has 0 aliphatic carbocycles. The lowest BCUT2D eigenvalue weighted by molar-refractivity contribution is -0.143. The van der Waals surface area contributed by atoms with E-state index in [1.807, 2.05) is 53.3 Å². The van der Waals surface area contributed by atoms with Crippen LogP contribution in [0.25, 0.3) is 33.2 Å². The van der Waals surface area contributed by atoms with E-state index in [0.717, 1.165) is 62.8 Å². The van der Waals surface area contributed by atoms with Crippen molar-refractivity contribution in [1.82, 2.24) is 20.4 Å². The number of rotatable bonds is 15. The van der Waals surface area contributed by atoms with E-state index in [0.29, 0.717) is 59.6 Å². The van der Waals surface area contributed by atoms with Crippen molar-refractivity contribution >= 4 is 57.6 Å². The zero-order valence-corrected chi connectivity index (χ0v) is 30.4. The fourth-order valence-corrected chi connectivity index (χ4v) is 7.41. The minimum absolute atomic E-state index is 0.119. The van der Waals surface area contributed by atoms with E-state index in [4.69, 9.17) is 44.6 Å². The molecule has 6 rings (SSSR count). The van der Waals surface area contributed by atoms with Gasteiger partial charge in [-0.2, -0.15) is 5.10 Å². The summed E-state index contributed by atoms with van der Waals surface area (Å²) >= 11 is 20.6. The number of benzene rings is 4. The van der Waals surface area contributed by atoms with Gasteiger partial charge in [-0.1, -0.05) is 77.3 Å². The molecular weight excluding hydrogens is 711 g/mol. The van der Waals surface area contributed by atoms with E-state index in [1.165, 1.54) is 0 Å². The number of amides is 1. The Morgan fingerprint density at radius 3 is 2.55 bits per heavy atom. The second-order valence-corrected chi connectivity index (χ2v) is 14.1. The summed E-state index contributed by atoms with van der Waals surface area (Å²) in [5.74, 6) is -1.04. The van der Waals surface area contributed by atoms with Gasteiger partial charge in [0.2, 0.25) is 5.91 Å². The van der Waals surface area contributed by atoms with Crippen LogP contribution in [0.5, 0.6) is 5.75 Å². The Bertz CT molecular complexity index is 2050. The Morgan fingerprint density at radius 2 is 1.84 bits per heavy atom. The number of hydrogen-bond donors (Lipinski definition) is 4. The molecule has 1 amide bonds. The molecule has 0 unspecified atom stereocenters. The van der Waals surface area contributed by atoms with E-state index in [9.17, 15) is 19.8 Å². The average molecular weight is 750 g/mol. The van der Waals surface area contributed by atoms with Gasteiger partial charge in [0.25, 0.3) is 0 Å². The number of carboxylic acid groups (broad SMARTS) is 1. The third-order valence-electron chi connectivity index (χ3n) is 9.42. The van der Waals surface area contributed by atoms with Gasteiger partial charge in [-0.3, -0.25) is 14.3 Å². The summed E-state index contributed by atoms with van der Waals surface area (Å²) in [6, 6.07) is 22.0. The third-order valence-corrected chi connectivity index (χ3v) is 10.4. The predicted molar refractivity (Wildman–Crippen MR) is 202 cm³/mol. The normalized spacial score (nSPS) is 14.9. The van der Waals surface area contributed by atoms with Gasteiger partial charge < -0.3 is 25.6 Å². The lowest BCUT2D eigenvalue weighted by atomic mass is 9.96. The van der Waals surface area contributed by atoms with Crippen molar-refractivity contribution in [1.29, 1.82) is 0 Å². The maximum absolute atomic E-state index is 11.5. The van der Waals surface area contributed by atoms with Crippen molar-refractivity contribution in [2.24, 2.45) is 5.92 Å². The predicted octanol–water partition coefficient (Wildman–Crippen LogP) is 7.77. The number of carbonyl (C=O) groups excluding carboxylic acids is 1. The molecule has 1 fully saturated rings. The van der Waals surface area contributed by atoms with Crippen LogP contribution in [-0.2, 0) is 29.1 Å². The number of aryl methyl sites for hydroxylation is 1. The van der Waals surface area contributed by atoms with Crippen molar-refractivity contribution in [2.45, 2.75) is 51.2 Å². The largest absolute Gasteiger partial charge is 0.496 e. The standard InChI is InChI=1S/C39H39Cl3N4O5/c1-51-36-15-27(34(41)14-25(36)4-2-5-26(22-47)39(49)50)21-46-35-17-28(40)16-32(33(35)20-44-46)31-7-3-6-30(38(31)42)24-10-8-23(9-11-24)18-43-19-29-12-13-37(48)45-29/h3,6-11,14-17,20,26,29,43,47H,2,4-5,12-13,18-19,21-22H2,1H3,(H,45,48)(H,49,50)/t26-,29-/m0/s1. The van der Waals surface area contributed by atoms with E-state index in [2.05, 4.69) is 34.9 Å². The molecule has 1 aliphatic rings. The number of methoxy groups -OCH3 is 1. The highest BCUT2D eigenvalue weighted by atomic mass is 35.5. The maximum Gasteiger partial charge on any atom is 0.308 e. The number of carbonyl (C=O) groups is 2. The highest BCUT2D eigenvalue weighted by Crippen LogP contribution is 2.41. The molecule has 9 nitrogen and oxygen atoms in total. The Morgan fingerprint density at radius 1 is 1.06 bits per heavy atom. The first-order valence-corrected chi connectivity index (χ1v) is 18.0. The fraction of sp³-hybridized carbons (Fsp3) is 0.308. The Hall–Kier alpha value is -4.12. The van der Waals surface area contributed by atoms with Crippen LogP contribution in [0.15, 0.2) is 72.9 Å². The van der Waals surface area contributed by atoms with E-state index in [1.54, 1.807) is 7.11 Å². The van der Waals surface area contributed by atoms with Crippen LogP contribution < -0.4 is 15.4 Å². The van der Waals surface area contributed by atoms with Crippen LogP contribution in [0.1, 0.15) is 42.4 Å². The first kappa shape index (κ1) is 36.7. The summed E-state index contributed by atoms with van der Waals surface area (Å²) in [6.07, 6.45) is 4.73. The number of halogens is 3. The average Bonchev–Trinajstić information content (AvgIpc) is 3.72. The Balaban J connectivity index is 1.21. The van der Waals surface area contributed by atoms with Gasteiger partial charge in [-0.25, -0.2) is 0 Å². The van der Waals surface area contributed by atoms with Crippen molar-refractivity contribution in [2.75, 3.05) is 20.3 Å². The maximum atomic E-state index is 11.5. The van der Waals surface area contributed by atoms with Gasteiger partial charge in [-0.15, -0.1) is 0 Å². The van der Waals surface area contributed by atoms with Gasteiger partial charge in [0.1, 0.15) is 5.75 Å². The number of ether oxygens (including phenoxy) is 1. The minimum atomic E-state index is -1.01. The molecular formula is C39H39Cl3N4O5. The number of aliphatic hydroxyl groups is 1. The van der Waals surface area contributed by atoms with Gasteiger partial charge in [0.15, 0.2) is 0 Å². The van der Waals surface area contributed by atoms with E-state index in [-0.39, 0.29) is 11.9 Å². The Labute approximate surface area is 311 Å². The monoisotopic (exact) mass is 748 g/mol. The second kappa shape index (κ2) is 16.5. The van der Waals surface area contributed by atoms with Crippen LogP contribution in [0.4, 0.5) is 0 Å². The summed E-state index contributed by atoms with van der Waals surface area (Å²) in [6.45, 7) is 1.40. The summed E-state index contributed by atoms with van der Waals surface area (Å²) < 4.78 is 7.52. The number of aliphatic hydroxyl groups excluding tert-OH is 1. The third kappa shape index (κ3) is 8.51. The zero-order chi connectivity index (χ0) is 36.1. The topological polar surface area (TPSA) is 126 Å². The van der Waals surface area contributed by atoms with Crippen molar-refractivity contribution in [3.63, 3.8) is 0 Å². The summed E-state index contributed by atoms with van der Waals surface area (Å²) in [5, 5.41) is 32.3. The number of fused-ring (bicyclic) bond motifs is 1. The number of carboxylic acids is 1. The zero-order valence-electron chi connectivity index (χ0n) is 28.1. The van der Waals surface area contributed by atoms with Crippen LogP contribution in [0.2, 0.25) is 15.1 Å². The molecule has 2 atom stereocenters. The molecule has 5 aromatic rings. The van der Waals surface area contributed by atoms with Gasteiger partial charge in [-0.05, 0) is 77.8 Å². The molecule has 1 saturated heterocycles. The summed E-state index contributed by atoms with van der Waals surface area (Å²) in [7, 11) is 1.59. The molecule has 0 radical (unpaired) electrons. The van der Waals surface area contributed by atoms with E-state index < -0.39 is 18.5 Å². The van der Waals surface area contributed by atoms with Crippen LogP contribution in [0, 0.1) is 5.92 Å². The SMILES string of the molecule is COc1cc(Cn2ncc3c(-c4cccc(-c5ccc(CNC[C@@H]6CCC(=O)N6)cc5)c4Cl)cc(Cl)cc32)c(Cl)cc1CCC[C@@H](CO)C(=O)O. The van der Waals surface area contributed by atoms with E-state index >= 15 is 0 Å². The molecule has 266 valence electrons. The molecule has 2 heterocycles. The lowest BCUT2D eigenvalue weighted by Gasteiger charge is -2.15. The highest BCUT2D eigenvalue weighted by Gasteiger charge is 2.21. The van der Waals surface area contributed by atoms with Gasteiger partial charge in [0.05, 0.1) is 42.9 Å². The summed E-state index contributed by atoms with van der Waals surface area (Å²) in [4.78, 5) is 22.8. The molecule has 0 spiro atoms. The first-order valence-electron chi connectivity index (χ1n) is 16.9. The molecule has 4 aromatic carbocycles. The van der Waals surface area contributed by atoms with Gasteiger partial charge >= 0.3 is 5.97 Å². The number of hydrogen-bond acceptors (Lipinski definition) is 6. The van der Waals surface area contributed by atoms with Crippen molar-refractivity contribution in [3.05, 3.63) is 105 Å². The summed E-state index contributed by atoms with van der Waals surface area (Å²) in [5.41, 5.74) is 7.20. The van der Waals surface area contributed by atoms with Gasteiger partial charge in [0, 0.05) is 52.1 Å². The van der Waals surface area contributed by atoms with Crippen molar-refractivity contribution < 1.29 is 24.5 Å². The van der Waals surface area contributed by atoms with Crippen LogP contribution >= 0.6 is 34.8 Å². The van der Waals surface area contributed by atoms with Crippen LogP contribution in [0.3, 0.4) is 0 Å². The molecule has 0 saturated carbocycles. The molecule has 51 heavy (non-hydrogen) atoms. The molecule has 1 aromatic heterocycles. The number of aromatic nitrogens is 2. The molecule has 12 heteroatoms. The smallest absolute Gasteiger partial charge is 0.308 e. The quantitative estimate of drug-likeness (QED) is 0.0862. The number of nitrogens with one attached hydrogen (secondary N) is 2. The fourth-order valence-electron chi connectivity index (χ4n) is 6.61. The Kier molecular flexibility index (Phi) is 11.8. The number of aliphatic carboxylic acids is 1. The lowest BCUT2D eigenvalue weighted by Crippen LogP contribution is -2.35. The highest BCUT2D eigenvalue weighted by molar-refractivity contribution is 6.37. The molecule has 1 aliphatic heterocycles. The van der Waals surface area contributed by atoms with Crippen molar-refractivity contribution in [3.8, 4) is 28.0 Å². The molecule has 0 bridgehead atoms. The minimum Gasteiger partial charge on any atom is -0.496 e. The first-order chi connectivity index (χ1) is 24.6. The second-order valence-electron chi connectivity index (χ2n) is 12.9. The number of nitrogens with zero attached hydrogens (tertiary/aromatic N) is 2. The molecule has 4 N–H and O–H groups in total. The van der Waals surface area contributed by atoms with Crippen LogP contribution in [-0.4, -0.2) is 58.2 Å².